The highest BCUT2D eigenvalue weighted by Gasteiger charge is 2.34. The predicted octanol–water partition coefficient (Wildman–Crippen LogP) is 2.38. The van der Waals surface area contributed by atoms with Gasteiger partial charge >= 0.3 is 12.1 Å². The van der Waals surface area contributed by atoms with E-state index in [1.165, 1.54) is 12.0 Å². The van der Waals surface area contributed by atoms with E-state index in [0.717, 1.165) is 12.1 Å². The molecule has 0 saturated heterocycles. The Morgan fingerprint density at radius 2 is 2.05 bits per heavy atom. The van der Waals surface area contributed by atoms with Crippen molar-refractivity contribution >= 4 is 5.97 Å². The fraction of sp³-hybridized carbons (Fsp3) is 0.462. The number of alkyl halides is 3. The van der Waals surface area contributed by atoms with Crippen LogP contribution >= 0.6 is 0 Å². The van der Waals surface area contributed by atoms with Crippen molar-refractivity contribution in [2.24, 2.45) is 0 Å². The number of nitrogens with zero attached hydrogens (tertiary/aromatic N) is 1. The van der Waals surface area contributed by atoms with Crippen LogP contribution in [-0.4, -0.2) is 42.8 Å². The van der Waals surface area contributed by atoms with Gasteiger partial charge in [0.1, 0.15) is 5.82 Å². The van der Waals surface area contributed by atoms with E-state index < -0.39 is 30.1 Å². The normalized spacial score (nSPS) is 11.9. The lowest BCUT2D eigenvalue weighted by Crippen LogP contribution is -2.33. The second kappa shape index (κ2) is 7.37. The van der Waals surface area contributed by atoms with Gasteiger partial charge in [0.05, 0.1) is 18.7 Å². The third kappa shape index (κ3) is 5.68. The summed E-state index contributed by atoms with van der Waals surface area (Å²) in [5, 5.41) is 8.77. The Balaban J connectivity index is 2.99. The number of methoxy groups -OCH3 is 1. The summed E-state index contributed by atoms with van der Waals surface area (Å²) in [6, 6.07) is 2.34. The number of carbonyl (C=O) groups is 1. The average Bonchev–Trinajstić information content (AvgIpc) is 2.36. The molecule has 1 aromatic rings. The molecule has 1 N–H and O–H groups in total. The van der Waals surface area contributed by atoms with Crippen molar-refractivity contribution in [2.75, 3.05) is 26.8 Å². The number of rotatable bonds is 7. The minimum Gasteiger partial charge on any atom is -0.480 e. The molecule has 4 nitrogen and oxygen atoms in total. The molecule has 0 heterocycles. The number of halogens is 4. The van der Waals surface area contributed by atoms with Gasteiger partial charge in [-0.1, -0.05) is 6.07 Å². The Bertz CT molecular complexity index is 491. The Kier molecular flexibility index (Phi) is 6.10. The molecule has 1 aromatic carbocycles. The van der Waals surface area contributed by atoms with Crippen molar-refractivity contribution in [3.63, 3.8) is 0 Å². The smallest absolute Gasteiger partial charge is 0.416 e. The van der Waals surface area contributed by atoms with E-state index in [1.54, 1.807) is 0 Å². The van der Waals surface area contributed by atoms with E-state index in [0.29, 0.717) is 6.07 Å². The fourth-order valence-corrected chi connectivity index (χ4v) is 1.82. The fourth-order valence-electron chi connectivity index (χ4n) is 1.82. The summed E-state index contributed by atoms with van der Waals surface area (Å²) in [4.78, 5) is 12.0. The Morgan fingerprint density at radius 3 is 2.57 bits per heavy atom. The first kappa shape index (κ1) is 17.4. The van der Waals surface area contributed by atoms with Crippen LogP contribution in [0.1, 0.15) is 11.1 Å². The molecule has 0 aliphatic heterocycles. The van der Waals surface area contributed by atoms with Crippen LogP contribution in [0.15, 0.2) is 18.2 Å². The maximum Gasteiger partial charge on any atom is 0.416 e. The van der Waals surface area contributed by atoms with Gasteiger partial charge < -0.3 is 9.84 Å². The first-order valence-corrected chi connectivity index (χ1v) is 6.02. The largest absolute Gasteiger partial charge is 0.480 e. The highest BCUT2D eigenvalue weighted by molar-refractivity contribution is 5.69. The van der Waals surface area contributed by atoms with Gasteiger partial charge in [-0.15, -0.1) is 0 Å². The second-order valence-electron chi connectivity index (χ2n) is 4.40. The van der Waals surface area contributed by atoms with E-state index in [1.807, 2.05) is 0 Å². The number of benzene rings is 1. The van der Waals surface area contributed by atoms with Crippen molar-refractivity contribution in [2.45, 2.75) is 12.7 Å². The number of ether oxygens (including phenoxy) is 1. The second-order valence-corrected chi connectivity index (χ2v) is 4.40. The summed E-state index contributed by atoms with van der Waals surface area (Å²) in [5.74, 6) is -2.16. The zero-order valence-electron chi connectivity index (χ0n) is 11.3. The van der Waals surface area contributed by atoms with Crippen LogP contribution in [0.4, 0.5) is 17.6 Å². The molecule has 0 aliphatic rings. The van der Waals surface area contributed by atoms with E-state index in [9.17, 15) is 22.4 Å². The van der Waals surface area contributed by atoms with Crippen molar-refractivity contribution in [3.8, 4) is 0 Å². The number of hydrogen-bond donors (Lipinski definition) is 1. The van der Waals surface area contributed by atoms with E-state index in [2.05, 4.69) is 0 Å². The van der Waals surface area contributed by atoms with Gasteiger partial charge in [-0.25, -0.2) is 4.39 Å². The molecular weight excluding hydrogens is 294 g/mol. The Hall–Kier alpha value is -1.67. The van der Waals surface area contributed by atoms with E-state index in [-0.39, 0.29) is 25.3 Å². The van der Waals surface area contributed by atoms with E-state index in [4.69, 9.17) is 9.84 Å². The molecule has 8 heteroatoms. The molecule has 0 unspecified atom stereocenters. The Morgan fingerprint density at radius 1 is 1.38 bits per heavy atom. The Labute approximate surface area is 118 Å². The molecule has 0 radical (unpaired) electrons. The third-order valence-corrected chi connectivity index (χ3v) is 2.74. The lowest BCUT2D eigenvalue weighted by molar-refractivity contribution is -0.139. The third-order valence-electron chi connectivity index (χ3n) is 2.74. The van der Waals surface area contributed by atoms with Gasteiger partial charge in [-0.05, 0) is 17.7 Å². The van der Waals surface area contributed by atoms with Crippen molar-refractivity contribution in [1.29, 1.82) is 0 Å². The average molecular weight is 309 g/mol. The molecule has 0 aromatic heterocycles. The summed E-state index contributed by atoms with van der Waals surface area (Å²) in [5.41, 5.74) is -1.28. The molecule has 0 aliphatic carbocycles. The number of hydrogen-bond acceptors (Lipinski definition) is 3. The SMILES string of the molecule is COCCN(CC(=O)O)Cc1ccc(F)cc1C(F)(F)F. The molecule has 0 atom stereocenters. The molecule has 0 amide bonds. The molecule has 0 fully saturated rings. The predicted molar refractivity (Wildman–Crippen MR) is 66.2 cm³/mol. The highest BCUT2D eigenvalue weighted by atomic mass is 19.4. The van der Waals surface area contributed by atoms with Crippen molar-refractivity contribution in [3.05, 3.63) is 35.1 Å². The molecule has 0 bridgehead atoms. The van der Waals surface area contributed by atoms with Crippen LogP contribution in [-0.2, 0) is 22.3 Å². The summed E-state index contributed by atoms with van der Waals surface area (Å²) in [6.45, 7) is -0.365. The summed E-state index contributed by atoms with van der Waals surface area (Å²) in [6.07, 6.45) is -4.70. The van der Waals surface area contributed by atoms with Crippen LogP contribution in [0.25, 0.3) is 0 Å². The van der Waals surface area contributed by atoms with Crippen molar-refractivity contribution < 1.29 is 32.2 Å². The quantitative estimate of drug-likeness (QED) is 0.786. The number of aliphatic carboxylic acids is 1. The molecule has 21 heavy (non-hydrogen) atoms. The standard InChI is InChI=1S/C13H15F4NO3/c1-21-5-4-18(8-12(19)20)7-9-2-3-10(14)6-11(9)13(15,16)17/h2-3,6H,4-5,7-8H2,1H3,(H,19,20). The van der Waals surface area contributed by atoms with Gasteiger partial charge in [-0.2, -0.15) is 13.2 Å². The van der Waals surface area contributed by atoms with Crippen LogP contribution in [0, 0.1) is 5.82 Å². The minimum absolute atomic E-state index is 0.150. The summed E-state index contributed by atoms with van der Waals surface area (Å²) >= 11 is 0. The monoisotopic (exact) mass is 309 g/mol. The van der Waals surface area contributed by atoms with Gasteiger partial charge in [0, 0.05) is 20.2 Å². The highest BCUT2D eigenvalue weighted by Crippen LogP contribution is 2.33. The lowest BCUT2D eigenvalue weighted by atomic mass is 10.1. The molecule has 0 saturated carbocycles. The molecular formula is C13H15F4NO3. The maximum absolute atomic E-state index is 13.0. The minimum atomic E-state index is -4.70. The zero-order valence-corrected chi connectivity index (χ0v) is 11.3. The topological polar surface area (TPSA) is 49.8 Å². The summed E-state index contributed by atoms with van der Waals surface area (Å²) < 4.78 is 56.4. The first-order valence-electron chi connectivity index (χ1n) is 6.02. The number of carboxylic acids is 1. The first-order chi connectivity index (χ1) is 9.74. The van der Waals surface area contributed by atoms with Crippen molar-refractivity contribution in [1.82, 2.24) is 4.90 Å². The van der Waals surface area contributed by atoms with E-state index >= 15 is 0 Å². The lowest BCUT2D eigenvalue weighted by Gasteiger charge is -2.22. The van der Waals surface area contributed by atoms with Crippen LogP contribution in [0.5, 0.6) is 0 Å². The summed E-state index contributed by atoms with van der Waals surface area (Å²) in [7, 11) is 1.40. The molecule has 118 valence electrons. The molecule has 1 rings (SSSR count). The molecule has 0 spiro atoms. The van der Waals surface area contributed by atoms with Gasteiger partial charge in [0.15, 0.2) is 0 Å². The van der Waals surface area contributed by atoms with Crippen LogP contribution in [0.2, 0.25) is 0 Å². The van der Waals surface area contributed by atoms with Crippen LogP contribution in [0.3, 0.4) is 0 Å². The maximum atomic E-state index is 13.0. The van der Waals surface area contributed by atoms with Gasteiger partial charge in [0.25, 0.3) is 0 Å². The van der Waals surface area contributed by atoms with Gasteiger partial charge in [-0.3, -0.25) is 9.69 Å². The van der Waals surface area contributed by atoms with Crippen LogP contribution < -0.4 is 0 Å². The zero-order chi connectivity index (χ0) is 16.0. The van der Waals surface area contributed by atoms with Gasteiger partial charge in [0.2, 0.25) is 0 Å². The number of carboxylic acid groups (broad SMARTS) is 1.